The van der Waals surface area contributed by atoms with E-state index in [1.807, 2.05) is 6.92 Å². The number of hydrogen-bond donors (Lipinski definition) is 1. The molecule has 110 valence electrons. The van der Waals surface area contributed by atoms with Gasteiger partial charge in [0.25, 0.3) is 5.69 Å². The average Bonchev–Trinajstić information content (AvgIpc) is 2.43. The van der Waals surface area contributed by atoms with Gasteiger partial charge in [-0.25, -0.2) is 0 Å². The minimum absolute atomic E-state index is 0.0293. The van der Waals surface area contributed by atoms with Crippen molar-refractivity contribution in [2.75, 3.05) is 0 Å². The Labute approximate surface area is 125 Å². The Bertz CT molecular complexity index is 717. The first-order valence-electron chi connectivity index (χ1n) is 6.37. The van der Waals surface area contributed by atoms with Crippen LogP contribution in [0.25, 0.3) is 10.9 Å². The lowest BCUT2D eigenvalue weighted by molar-refractivity contribution is -0.384. The molecule has 1 aromatic carbocycles. The number of nitro groups is 1. The fourth-order valence-electron chi connectivity index (χ4n) is 1.98. The van der Waals surface area contributed by atoms with E-state index in [0.29, 0.717) is 22.2 Å². The quantitative estimate of drug-likeness (QED) is 0.517. The van der Waals surface area contributed by atoms with Crippen LogP contribution in [0, 0.1) is 17.0 Å². The monoisotopic (exact) mass is 306 g/mol. The number of fused-ring (bicyclic) bond motifs is 1. The summed E-state index contributed by atoms with van der Waals surface area (Å²) in [5, 5.41) is 20.1. The van der Waals surface area contributed by atoms with Crippen molar-refractivity contribution in [3.8, 4) is 0 Å². The molecule has 0 fully saturated rings. The first-order valence-corrected chi connectivity index (χ1v) is 7.25. The normalized spacial score (nSPS) is 12.3. The van der Waals surface area contributed by atoms with Crippen molar-refractivity contribution < 1.29 is 14.8 Å². The molecule has 0 radical (unpaired) electrons. The molecular formula is C14H14N2O4S. The molecule has 0 aliphatic rings. The summed E-state index contributed by atoms with van der Waals surface area (Å²) in [6.07, 6.45) is 0.470. The van der Waals surface area contributed by atoms with Gasteiger partial charge in [0.1, 0.15) is 5.25 Å². The van der Waals surface area contributed by atoms with Crippen molar-refractivity contribution in [1.29, 1.82) is 0 Å². The minimum atomic E-state index is -0.893. The molecular weight excluding hydrogens is 292 g/mol. The molecule has 6 nitrogen and oxygen atoms in total. The first-order chi connectivity index (χ1) is 9.92. The van der Waals surface area contributed by atoms with Gasteiger partial charge < -0.3 is 5.11 Å². The predicted molar refractivity (Wildman–Crippen MR) is 80.7 cm³/mol. The molecule has 1 atom stereocenters. The second-order valence-electron chi connectivity index (χ2n) is 4.57. The van der Waals surface area contributed by atoms with Gasteiger partial charge >= 0.3 is 5.97 Å². The number of pyridine rings is 1. The van der Waals surface area contributed by atoms with Crippen molar-refractivity contribution in [2.45, 2.75) is 30.4 Å². The van der Waals surface area contributed by atoms with Crippen LogP contribution in [-0.4, -0.2) is 26.2 Å². The number of nitro benzene ring substituents is 1. The molecule has 0 aliphatic carbocycles. The van der Waals surface area contributed by atoms with E-state index in [1.54, 1.807) is 19.1 Å². The van der Waals surface area contributed by atoms with Gasteiger partial charge in [0.05, 0.1) is 10.4 Å². The third-order valence-electron chi connectivity index (χ3n) is 3.01. The lowest BCUT2D eigenvalue weighted by atomic mass is 10.2. The number of non-ortho nitro benzene ring substituents is 1. The molecule has 21 heavy (non-hydrogen) atoms. The molecule has 1 heterocycles. The maximum Gasteiger partial charge on any atom is 0.316 e. The van der Waals surface area contributed by atoms with Crippen LogP contribution in [0.3, 0.4) is 0 Å². The van der Waals surface area contributed by atoms with Gasteiger partial charge in [-0.05, 0) is 25.5 Å². The number of nitrogens with zero attached hydrogens (tertiary/aromatic N) is 2. The number of carboxylic acid groups (broad SMARTS) is 1. The van der Waals surface area contributed by atoms with Gasteiger partial charge in [-0.3, -0.25) is 19.9 Å². The van der Waals surface area contributed by atoms with Crippen molar-refractivity contribution in [3.63, 3.8) is 0 Å². The molecule has 0 aliphatic heterocycles. The van der Waals surface area contributed by atoms with E-state index in [-0.39, 0.29) is 5.69 Å². The largest absolute Gasteiger partial charge is 0.480 e. The van der Waals surface area contributed by atoms with Crippen molar-refractivity contribution in [3.05, 3.63) is 40.1 Å². The summed E-state index contributed by atoms with van der Waals surface area (Å²) in [5.41, 5.74) is 1.35. The Kier molecular flexibility index (Phi) is 4.42. The van der Waals surface area contributed by atoms with Crippen LogP contribution in [-0.2, 0) is 4.79 Å². The second kappa shape index (κ2) is 6.09. The van der Waals surface area contributed by atoms with E-state index >= 15 is 0 Å². The summed E-state index contributed by atoms with van der Waals surface area (Å²) in [6.45, 7) is 3.61. The van der Waals surface area contributed by atoms with Crippen LogP contribution in [0.5, 0.6) is 0 Å². The number of aliphatic carboxylic acids is 1. The summed E-state index contributed by atoms with van der Waals surface area (Å²) in [5.74, 6) is -0.893. The minimum Gasteiger partial charge on any atom is -0.480 e. The van der Waals surface area contributed by atoms with E-state index < -0.39 is 16.1 Å². The molecule has 0 saturated carbocycles. The van der Waals surface area contributed by atoms with E-state index in [9.17, 15) is 20.0 Å². The summed E-state index contributed by atoms with van der Waals surface area (Å²) in [7, 11) is 0. The highest BCUT2D eigenvalue weighted by molar-refractivity contribution is 8.00. The molecule has 1 unspecified atom stereocenters. The van der Waals surface area contributed by atoms with E-state index in [2.05, 4.69) is 4.98 Å². The number of aromatic nitrogens is 1. The van der Waals surface area contributed by atoms with E-state index in [0.717, 1.165) is 5.69 Å². The highest BCUT2D eigenvalue weighted by Crippen LogP contribution is 2.34. The second-order valence-corrected chi connectivity index (χ2v) is 5.82. The maximum absolute atomic E-state index is 11.2. The molecule has 1 N–H and O–H groups in total. The fraction of sp³-hybridized carbons (Fsp3) is 0.286. The zero-order valence-electron chi connectivity index (χ0n) is 11.6. The highest BCUT2D eigenvalue weighted by Gasteiger charge is 2.19. The van der Waals surface area contributed by atoms with Gasteiger partial charge in [-0.15, -0.1) is 11.8 Å². The SMILES string of the molecule is CCC(Sc1cc(C)nc2ccc([N+](=O)[O-])cc12)C(=O)O. The predicted octanol–water partition coefficient (Wildman–Crippen LogP) is 3.41. The zero-order valence-corrected chi connectivity index (χ0v) is 12.4. The summed E-state index contributed by atoms with van der Waals surface area (Å²) < 4.78 is 0. The molecule has 2 rings (SSSR count). The average molecular weight is 306 g/mol. The number of rotatable bonds is 5. The lowest BCUT2D eigenvalue weighted by Gasteiger charge is -2.12. The van der Waals surface area contributed by atoms with Gasteiger partial charge in [0.15, 0.2) is 0 Å². The molecule has 1 aromatic heterocycles. The lowest BCUT2D eigenvalue weighted by Crippen LogP contribution is -2.14. The number of benzene rings is 1. The van der Waals surface area contributed by atoms with Crippen LogP contribution in [0.15, 0.2) is 29.2 Å². The Balaban J connectivity index is 2.57. The zero-order chi connectivity index (χ0) is 15.6. The number of aryl methyl sites for hydroxylation is 1. The number of carbonyl (C=O) groups is 1. The molecule has 0 bridgehead atoms. The van der Waals surface area contributed by atoms with Crippen molar-refractivity contribution in [2.24, 2.45) is 0 Å². The van der Waals surface area contributed by atoms with Gasteiger partial charge in [-0.1, -0.05) is 6.92 Å². The molecule has 0 saturated heterocycles. The van der Waals surface area contributed by atoms with E-state index in [4.69, 9.17) is 0 Å². The number of hydrogen-bond acceptors (Lipinski definition) is 5. The van der Waals surface area contributed by atoms with Crippen LogP contribution < -0.4 is 0 Å². The summed E-state index contributed by atoms with van der Waals surface area (Å²) in [4.78, 5) is 26.6. The van der Waals surface area contributed by atoms with Gasteiger partial charge in [0.2, 0.25) is 0 Å². The van der Waals surface area contributed by atoms with Crippen LogP contribution in [0.4, 0.5) is 5.69 Å². The first kappa shape index (κ1) is 15.2. The van der Waals surface area contributed by atoms with Gasteiger partial charge in [0, 0.05) is 28.1 Å². The topological polar surface area (TPSA) is 93.3 Å². The Morgan fingerprint density at radius 1 is 1.48 bits per heavy atom. The van der Waals surface area contributed by atoms with Crippen LogP contribution in [0.2, 0.25) is 0 Å². The summed E-state index contributed by atoms with van der Waals surface area (Å²) >= 11 is 1.20. The number of carboxylic acids is 1. The Hall–Kier alpha value is -2.15. The van der Waals surface area contributed by atoms with Crippen LogP contribution >= 0.6 is 11.8 Å². The fourth-order valence-corrected chi connectivity index (χ4v) is 3.08. The molecule has 0 spiro atoms. The third-order valence-corrected chi connectivity index (χ3v) is 4.42. The molecule has 2 aromatic rings. The third kappa shape index (κ3) is 3.30. The molecule has 7 heteroatoms. The van der Waals surface area contributed by atoms with E-state index in [1.165, 1.54) is 23.9 Å². The smallest absolute Gasteiger partial charge is 0.316 e. The Morgan fingerprint density at radius 3 is 2.76 bits per heavy atom. The number of thioether (sulfide) groups is 1. The molecule has 0 amide bonds. The van der Waals surface area contributed by atoms with Crippen molar-refractivity contribution >= 4 is 34.3 Å². The Morgan fingerprint density at radius 2 is 2.19 bits per heavy atom. The van der Waals surface area contributed by atoms with Crippen molar-refractivity contribution in [1.82, 2.24) is 4.98 Å². The highest BCUT2D eigenvalue weighted by atomic mass is 32.2. The summed E-state index contributed by atoms with van der Waals surface area (Å²) in [6, 6.07) is 6.20. The standard InChI is InChI=1S/C14H14N2O4S/c1-3-12(14(17)18)21-13-6-8(2)15-11-5-4-9(16(19)20)7-10(11)13/h4-7,12H,3H2,1-2H3,(H,17,18). The maximum atomic E-state index is 11.2. The van der Waals surface area contributed by atoms with Crippen LogP contribution in [0.1, 0.15) is 19.0 Å². The van der Waals surface area contributed by atoms with Gasteiger partial charge in [-0.2, -0.15) is 0 Å².